The maximum Gasteiger partial charge on any atom is 0.160 e. The van der Waals surface area contributed by atoms with Gasteiger partial charge in [0.1, 0.15) is 0 Å². The third kappa shape index (κ3) is 5.86. The maximum atomic E-state index is 9.36. The van der Waals surface area contributed by atoms with Gasteiger partial charge in [0.15, 0.2) is 11.6 Å². The second kappa shape index (κ2) is 13.1. The number of hydrogen-bond acceptors (Lipinski definition) is 6. The van der Waals surface area contributed by atoms with Crippen molar-refractivity contribution in [2.45, 2.75) is 0 Å². The molecule has 6 nitrogen and oxygen atoms in total. The molecule has 232 valence electrons. The highest BCUT2D eigenvalue weighted by Gasteiger charge is 2.16. The molecule has 0 amide bonds. The van der Waals surface area contributed by atoms with Crippen molar-refractivity contribution in [3.05, 3.63) is 169 Å². The van der Waals surface area contributed by atoms with E-state index in [1.165, 1.54) is 0 Å². The molecule has 0 spiro atoms. The molecule has 8 aromatic rings. The summed E-state index contributed by atoms with van der Waals surface area (Å²) in [6, 6.07) is 55.8. The van der Waals surface area contributed by atoms with Crippen LogP contribution in [-0.2, 0) is 0 Å². The minimum absolute atomic E-state index is 0.578. The van der Waals surface area contributed by atoms with E-state index in [9.17, 15) is 10.5 Å². The summed E-state index contributed by atoms with van der Waals surface area (Å²) >= 11 is 0. The lowest BCUT2D eigenvalue weighted by atomic mass is 9.95. The van der Waals surface area contributed by atoms with Gasteiger partial charge in [-0.05, 0) is 71.4 Å². The SMILES string of the molecule is N#Cc1ccc(-c2nc(-c3ccccc3)cc(-c3cccc4c(-c5cc(-c6ccccc6)nc(-c6ccc(C#N)cc6)n5)cccc34)n2)cc1. The van der Waals surface area contributed by atoms with Crippen LogP contribution >= 0.6 is 0 Å². The second-order valence-electron chi connectivity index (χ2n) is 11.7. The number of benzene rings is 6. The van der Waals surface area contributed by atoms with Crippen LogP contribution in [-0.4, -0.2) is 19.9 Å². The Morgan fingerprint density at radius 3 is 1.10 bits per heavy atom. The Labute approximate surface area is 289 Å². The summed E-state index contributed by atoms with van der Waals surface area (Å²) in [4.78, 5) is 20.1. The number of nitriles is 2. The molecule has 6 heteroatoms. The Balaban J connectivity index is 1.31. The molecule has 0 aliphatic rings. The van der Waals surface area contributed by atoms with Crippen molar-refractivity contribution in [2.24, 2.45) is 0 Å². The van der Waals surface area contributed by atoms with Crippen LogP contribution < -0.4 is 0 Å². The first kappa shape index (κ1) is 30.1. The van der Waals surface area contributed by atoms with Crippen LogP contribution in [0.3, 0.4) is 0 Å². The molecular weight excluding hydrogens is 613 g/mol. The molecule has 0 fully saturated rings. The van der Waals surface area contributed by atoms with Gasteiger partial charge in [-0.2, -0.15) is 10.5 Å². The van der Waals surface area contributed by atoms with Crippen LogP contribution in [0.5, 0.6) is 0 Å². The predicted molar refractivity (Wildman–Crippen MR) is 197 cm³/mol. The van der Waals surface area contributed by atoms with Crippen molar-refractivity contribution in [3.8, 4) is 79.9 Å². The Morgan fingerprint density at radius 1 is 0.340 bits per heavy atom. The molecule has 2 aromatic heterocycles. The maximum absolute atomic E-state index is 9.36. The predicted octanol–water partition coefficient (Wildman–Crippen LogP) is 10.2. The van der Waals surface area contributed by atoms with Gasteiger partial charge in [-0.1, -0.05) is 97.1 Å². The molecule has 0 aliphatic heterocycles. The number of fused-ring (bicyclic) bond motifs is 1. The van der Waals surface area contributed by atoms with Crippen LogP contribution in [0, 0.1) is 22.7 Å². The van der Waals surface area contributed by atoms with Gasteiger partial charge in [0.2, 0.25) is 0 Å². The highest BCUT2D eigenvalue weighted by Crippen LogP contribution is 2.37. The van der Waals surface area contributed by atoms with Gasteiger partial charge in [0.05, 0.1) is 46.0 Å². The topological polar surface area (TPSA) is 99.1 Å². The largest absolute Gasteiger partial charge is 0.228 e. The molecule has 0 saturated carbocycles. The standard InChI is InChI=1S/C44H26N6/c45-27-29-17-21-33(22-18-29)43-47-39(31-9-3-1-4-10-31)25-41(49-43)37-15-7-14-36-35(37)13-8-16-38(36)42-26-40(32-11-5-2-6-12-32)48-44(50-42)34-23-19-30(28-46)20-24-34/h1-26H. The third-order valence-electron chi connectivity index (χ3n) is 8.61. The fourth-order valence-corrected chi connectivity index (χ4v) is 6.09. The fraction of sp³-hybridized carbons (Fsp3) is 0. The molecule has 0 saturated heterocycles. The molecule has 8 rings (SSSR count). The van der Waals surface area contributed by atoms with Gasteiger partial charge in [-0.3, -0.25) is 0 Å². The zero-order valence-corrected chi connectivity index (χ0v) is 26.7. The number of rotatable bonds is 6. The normalized spacial score (nSPS) is 10.8. The van der Waals surface area contributed by atoms with Gasteiger partial charge in [-0.25, -0.2) is 19.9 Å². The van der Waals surface area contributed by atoms with Gasteiger partial charge >= 0.3 is 0 Å². The summed E-state index contributed by atoms with van der Waals surface area (Å²) < 4.78 is 0. The molecule has 0 aliphatic carbocycles. The zero-order valence-electron chi connectivity index (χ0n) is 26.7. The summed E-state index contributed by atoms with van der Waals surface area (Å²) in [7, 11) is 0. The molecule has 2 heterocycles. The first-order chi connectivity index (χ1) is 24.7. The smallest absolute Gasteiger partial charge is 0.160 e. The first-order valence-electron chi connectivity index (χ1n) is 16.1. The summed E-state index contributed by atoms with van der Waals surface area (Å²) in [5.41, 5.74) is 9.88. The first-order valence-corrected chi connectivity index (χ1v) is 16.1. The van der Waals surface area contributed by atoms with E-state index in [1.54, 1.807) is 24.3 Å². The van der Waals surface area contributed by atoms with Gasteiger partial charge in [-0.15, -0.1) is 0 Å². The van der Waals surface area contributed by atoms with Gasteiger partial charge in [0, 0.05) is 33.4 Å². The average Bonchev–Trinajstić information content (AvgIpc) is 3.20. The van der Waals surface area contributed by atoms with Gasteiger partial charge < -0.3 is 0 Å². The fourth-order valence-electron chi connectivity index (χ4n) is 6.09. The Kier molecular flexibility index (Phi) is 7.87. The number of nitrogens with zero attached hydrogens (tertiary/aromatic N) is 6. The Hall–Kier alpha value is -7.28. The molecular formula is C44H26N6. The van der Waals surface area contributed by atoms with Crippen LogP contribution in [0.2, 0.25) is 0 Å². The zero-order chi connectivity index (χ0) is 33.9. The van der Waals surface area contributed by atoms with E-state index in [-0.39, 0.29) is 0 Å². The average molecular weight is 639 g/mol. The van der Waals surface area contributed by atoms with E-state index < -0.39 is 0 Å². The summed E-state index contributed by atoms with van der Waals surface area (Å²) in [6.07, 6.45) is 0. The highest BCUT2D eigenvalue weighted by atomic mass is 14.9. The highest BCUT2D eigenvalue weighted by molar-refractivity contribution is 6.04. The lowest BCUT2D eigenvalue weighted by molar-refractivity contribution is 1.18. The molecule has 0 atom stereocenters. The third-order valence-corrected chi connectivity index (χ3v) is 8.61. The summed E-state index contributed by atoms with van der Waals surface area (Å²) in [6.45, 7) is 0. The Morgan fingerprint density at radius 2 is 0.720 bits per heavy atom. The molecule has 6 aromatic carbocycles. The second-order valence-corrected chi connectivity index (χ2v) is 11.7. The minimum atomic E-state index is 0.578. The van der Waals surface area contributed by atoms with Crippen LogP contribution in [0.25, 0.3) is 78.6 Å². The van der Waals surface area contributed by atoms with E-state index in [2.05, 4.69) is 36.4 Å². The summed E-state index contributed by atoms with van der Waals surface area (Å²) in [5.74, 6) is 1.16. The lowest BCUT2D eigenvalue weighted by Crippen LogP contribution is -1.98. The van der Waals surface area contributed by atoms with E-state index >= 15 is 0 Å². The quantitative estimate of drug-likeness (QED) is 0.180. The van der Waals surface area contributed by atoms with E-state index in [0.29, 0.717) is 22.8 Å². The molecule has 0 N–H and O–H groups in total. The van der Waals surface area contributed by atoms with Crippen molar-refractivity contribution in [1.82, 2.24) is 19.9 Å². The van der Waals surface area contributed by atoms with Crippen molar-refractivity contribution < 1.29 is 0 Å². The van der Waals surface area contributed by atoms with Crippen molar-refractivity contribution in [3.63, 3.8) is 0 Å². The number of aromatic nitrogens is 4. The van der Waals surface area contributed by atoms with E-state index in [1.807, 2.05) is 109 Å². The molecule has 0 unspecified atom stereocenters. The number of hydrogen-bond donors (Lipinski definition) is 0. The monoisotopic (exact) mass is 638 g/mol. The lowest BCUT2D eigenvalue weighted by Gasteiger charge is -2.14. The molecule has 0 radical (unpaired) electrons. The van der Waals surface area contributed by atoms with Gasteiger partial charge in [0.25, 0.3) is 0 Å². The summed E-state index contributed by atoms with van der Waals surface area (Å²) in [5, 5.41) is 20.8. The van der Waals surface area contributed by atoms with E-state index in [4.69, 9.17) is 19.9 Å². The molecule has 0 bridgehead atoms. The molecule has 50 heavy (non-hydrogen) atoms. The van der Waals surface area contributed by atoms with Crippen LogP contribution in [0.4, 0.5) is 0 Å². The minimum Gasteiger partial charge on any atom is -0.228 e. The van der Waals surface area contributed by atoms with Crippen molar-refractivity contribution >= 4 is 10.8 Å². The van der Waals surface area contributed by atoms with Crippen molar-refractivity contribution in [1.29, 1.82) is 10.5 Å². The van der Waals surface area contributed by atoms with E-state index in [0.717, 1.165) is 66.9 Å². The Bertz CT molecular complexity index is 2400. The van der Waals surface area contributed by atoms with Crippen LogP contribution in [0.15, 0.2) is 158 Å². The van der Waals surface area contributed by atoms with Crippen LogP contribution in [0.1, 0.15) is 11.1 Å². The van der Waals surface area contributed by atoms with Crippen molar-refractivity contribution in [2.75, 3.05) is 0 Å².